The van der Waals surface area contributed by atoms with E-state index < -0.39 is 0 Å². The molecule has 0 aliphatic heterocycles. The predicted molar refractivity (Wildman–Crippen MR) is 138 cm³/mol. The number of rotatable bonds is 9. The highest BCUT2D eigenvalue weighted by molar-refractivity contribution is 8.00. The number of nitrogens with zero attached hydrogens (tertiary/aromatic N) is 2. The number of hydrogen-bond acceptors (Lipinski definition) is 7. The molecule has 2 aliphatic rings. The van der Waals surface area contributed by atoms with Gasteiger partial charge < -0.3 is 14.8 Å². The fourth-order valence-corrected chi connectivity index (χ4v) is 6.87. The molecule has 1 amide bonds. The first-order valence-electron chi connectivity index (χ1n) is 12.0. The van der Waals surface area contributed by atoms with E-state index in [1.165, 1.54) is 35.1 Å². The lowest BCUT2D eigenvalue weighted by atomic mass is 9.89. The van der Waals surface area contributed by atoms with E-state index in [0.29, 0.717) is 29.7 Å². The summed E-state index contributed by atoms with van der Waals surface area (Å²) in [6, 6.07) is 5.85. The van der Waals surface area contributed by atoms with E-state index in [-0.39, 0.29) is 5.91 Å². The van der Waals surface area contributed by atoms with Crippen LogP contribution in [-0.2, 0) is 24.1 Å². The second kappa shape index (κ2) is 10.1. The standard InChI is InChI=1S/C26H31N3O3S2/c1-15-4-8-18-21(12-15)34-26-23(18)25(28-24(29-26)17-6-7-17)33-14-22(30)27-11-10-16-5-9-19(31-2)20(13-16)32-3/h5,9,13,15,17H,4,6-8,10-12,14H2,1-3H3,(H,27,30)/t15-/m0/s1. The van der Waals surface area contributed by atoms with Gasteiger partial charge in [0.05, 0.1) is 20.0 Å². The molecule has 2 aromatic heterocycles. The van der Waals surface area contributed by atoms with Crippen LogP contribution >= 0.6 is 23.1 Å². The summed E-state index contributed by atoms with van der Waals surface area (Å²) < 4.78 is 10.7. The molecule has 6 nitrogen and oxygen atoms in total. The first kappa shape index (κ1) is 23.4. The third-order valence-electron chi connectivity index (χ3n) is 6.61. The van der Waals surface area contributed by atoms with Crippen molar-refractivity contribution < 1.29 is 14.3 Å². The van der Waals surface area contributed by atoms with Gasteiger partial charge in [0.1, 0.15) is 15.7 Å². The van der Waals surface area contributed by atoms with Crippen LogP contribution in [0.15, 0.2) is 23.2 Å². The van der Waals surface area contributed by atoms with E-state index >= 15 is 0 Å². The number of aromatic nitrogens is 2. The van der Waals surface area contributed by atoms with Crippen molar-refractivity contribution in [3.05, 3.63) is 40.0 Å². The summed E-state index contributed by atoms with van der Waals surface area (Å²) in [5, 5.41) is 5.26. The Balaban J connectivity index is 1.24. The molecule has 5 rings (SSSR count). The van der Waals surface area contributed by atoms with Gasteiger partial charge in [0.15, 0.2) is 11.5 Å². The fourth-order valence-electron chi connectivity index (χ4n) is 4.52. The maximum absolute atomic E-state index is 12.6. The molecule has 0 unspecified atom stereocenters. The summed E-state index contributed by atoms with van der Waals surface area (Å²) in [5.41, 5.74) is 2.52. The minimum Gasteiger partial charge on any atom is -0.493 e. The van der Waals surface area contributed by atoms with Crippen LogP contribution in [0.4, 0.5) is 0 Å². The maximum atomic E-state index is 12.6. The van der Waals surface area contributed by atoms with Crippen LogP contribution in [0, 0.1) is 5.92 Å². The lowest BCUT2D eigenvalue weighted by Gasteiger charge is -2.18. The molecule has 180 valence electrons. The van der Waals surface area contributed by atoms with Gasteiger partial charge >= 0.3 is 0 Å². The Morgan fingerprint density at radius 3 is 2.76 bits per heavy atom. The van der Waals surface area contributed by atoms with Crippen molar-refractivity contribution in [2.24, 2.45) is 5.92 Å². The normalized spacial score (nSPS) is 17.4. The Labute approximate surface area is 208 Å². The van der Waals surface area contributed by atoms with E-state index in [1.807, 2.05) is 29.5 Å². The summed E-state index contributed by atoms with van der Waals surface area (Å²) in [7, 11) is 3.26. The summed E-state index contributed by atoms with van der Waals surface area (Å²) in [4.78, 5) is 25.1. The molecule has 1 atom stereocenters. The first-order valence-corrected chi connectivity index (χ1v) is 13.8. The van der Waals surface area contributed by atoms with Gasteiger partial charge in [-0.15, -0.1) is 11.3 Å². The number of carbonyl (C=O) groups excluding carboxylic acids is 1. The number of amides is 1. The Morgan fingerprint density at radius 1 is 1.18 bits per heavy atom. The van der Waals surface area contributed by atoms with Crippen molar-refractivity contribution in [1.29, 1.82) is 0 Å². The summed E-state index contributed by atoms with van der Waals surface area (Å²) >= 11 is 3.40. The quantitative estimate of drug-likeness (QED) is 0.325. The topological polar surface area (TPSA) is 73.3 Å². The van der Waals surface area contributed by atoms with Gasteiger partial charge in [0.2, 0.25) is 5.91 Å². The summed E-state index contributed by atoms with van der Waals surface area (Å²) in [6.45, 7) is 2.91. The van der Waals surface area contributed by atoms with Crippen molar-refractivity contribution in [1.82, 2.24) is 15.3 Å². The number of fused-ring (bicyclic) bond motifs is 3. The van der Waals surface area contributed by atoms with E-state index in [0.717, 1.165) is 46.4 Å². The zero-order chi connectivity index (χ0) is 23.7. The zero-order valence-corrected chi connectivity index (χ0v) is 21.6. The smallest absolute Gasteiger partial charge is 0.230 e. The molecule has 0 saturated heterocycles. The largest absolute Gasteiger partial charge is 0.493 e. The lowest BCUT2D eigenvalue weighted by molar-refractivity contribution is -0.118. The molecule has 34 heavy (non-hydrogen) atoms. The van der Waals surface area contributed by atoms with E-state index in [4.69, 9.17) is 19.4 Å². The molecule has 2 heterocycles. The van der Waals surface area contributed by atoms with Crippen LogP contribution in [0.1, 0.15) is 53.9 Å². The SMILES string of the molecule is COc1ccc(CCNC(=O)CSc2nc(C3CC3)nc3sc4c(c23)CC[C@H](C)C4)cc1OC. The Bertz CT molecular complexity index is 1210. The van der Waals surface area contributed by atoms with Gasteiger partial charge in [0.25, 0.3) is 0 Å². The molecular formula is C26H31N3O3S2. The predicted octanol–water partition coefficient (Wildman–Crippen LogP) is 5.16. The molecule has 1 fully saturated rings. The summed E-state index contributed by atoms with van der Waals surface area (Å²) in [5.74, 6) is 4.00. The average Bonchev–Trinajstić information content (AvgIpc) is 3.63. The van der Waals surface area contributed by atoms with Crippen LogP contribution in [-0.4, -0.2) is 42.4 Å². The molecule has 0 spiro atoms. The number of thiophene rings is 1. The van der Waals surface area contributed by atoms with Crippen LogP contribution < -0.4 is 14.8 Å². The third kappa shape index (κ3) is 5.03. The van der Waals surface area contributed by atoms with E-state index in [9.17, 15) is 4.79 Å². The molecule has 1 N–H and O–H groups in total. The van der Waals surface area contributed by atoms with Crippen molar-refractivity contribution in [3.8, 4) is 11.5 Å². The fraction of sp³-hybridized carbons (Fsp3) is 0.500. The number of thioether (sulfide) groups is 1. The molecule has 1 saturated carbocycles. The molecule has 2 aliphatic carbocycles. The second-order valence-corrected chi connectivity index (χ2v) is 11.3. The number of methoxy groups -OCH3 is 2. The molecule has 1 aromatic carbocycles. The van der Waals surface area contributed by atoms with Gasteiger partial charge in [0, 0.05) is 22.7 Å². The number of benzene rings is 1. The number of carbonyl (C=O) groups is 1. The van der Waals surface area contributed by atoms with Crippen molar-refractivity contribution in [2.45, 2.75) is 56.4 Å². The van der Waals surface area contributed by atoms with Gasteiger partial charge in [-0.2, -0.15) is 0 Å². The molecular weight excluding hydrogens is 466 g/mol. The number of ether oxygens (including phenoxy) is 2. The highest BCUT2D eigenvalue weighted by Crippen LogP contribution is 2.44. The van der Waals surface area contributed by atoms with Crippen LogP contribution in [0.2, 0.25) is 0 Å². The Morgan fingerprint density at radius 2 is 2.00 bits per heavy atom. The average molecular weight is 498 g/mol. The van der Waals surface area contributed by atoms with Gasteiger partial charge in [-0.05, 0) is 67.7 Å². The number of aryl methyl sites for hydroxylation is 1. The van der Waals surface area contributed by atoms with Gasteiger partial charge in [-0.25, -0.2) is 9.97 Å². The third-order valence-corrected chi connectivity index (χ3v) is 8.73. The van der Waals surface area contributed by atoms with Crippen LogP contribution in [0.25, 0.3) is 10.2 Å². The highest BCUT2D eigenvalue weighted by atomic mass is 32.2. The monoisotopic (exact) mass is 497 g/mol. The van der Waals surface area contributed by atoms with Crippen LogP contribution in [0.3, 0.4) is 0 Å². The highest BCUT2D eigenvalue weighted by Gasteiger charge is 2.30. The van der Waals surface area contributed by atoms with Crippen molar-refractivity contribution >= 4 is 39.2 Å². The summed E-state index contributed by atoms with van der Waals surface area (Å²) in [6.07, 6.45) is 6.52. The van der Waals surface area contributed by atoms with Crippen molar-refractivity contribution in [2.75, 3.05) is 26.5 Å². The molecule has 3 aromatic rings. The van der Waals surface area contributed by atoms with Crippen LogP contribution in [0.5, 0.6) is 11.5 Å². The van der Waals surface area contributed by atoms with Gasteiger partial charge in [-0.3, -0.25) is 4.79 Å². The Kier molecular flexibility index (Phi) is 6.97. The minimum absolute atomic E-state index is 0.0305. The second-order valence-electron chi connectivity index (χ2n) is 9.27. The molecule has 0 bridgehead atoms. The molecule has 8 heteroatoms. The number of hydrogen-bond donors (Lipinski definition) is 1. The van der Waals surface area contributed by atoms with E-state index in [2.05, 4.69) is 12.2 Å². The maximum Gasteiger partial charge on any atom is 0.230 e. The van der Waals surface area contributed by atoms with Crippen molar-refractivity contribution in [3.63, 3.8) is 0 Å². The minimum atomic E-state index is 0.0305. The lowest BCUT2D eigenvalue weighted by Crippen LogP contribution is -2.27. The molecule has 0 radical (unpaired) electrons. The first-order chi connectivity index (χ1) is 16.6. The van der Waals surface area contributed by atoms with Gasteiger partial charge in [-0.1, -0.05) is 24.8 Å². The Hall–Kier alpha value is -2.32. The number of nitrogens with one attached hydrogen (secondary N) is 1. The zero-order valence-electron chi connectivity index (χ0n) is 20.0. The van der Waals surface area contributed by atoms with E-state index in [1.54, 1.807) is 26.0 Å².